The fraction of sp³-hybridized carbons (Fsp3) is 0.222. The van der Waals surface area contributed by atoms with Gasteiger partial charge in [0, 0.05) is 54.2 Å². The molecular weight excluding hydrogens is 1210 g/mol. The fourth-order valence-electron chi connectivity index (χ4n) is 11.4. The van der Waals surface area contributed by atoms with E-state index >= 15 is 19.2 Å². The Morgan fingerprint density at radius 1 is 0.409 bits per heavy atom. The van der Waals surface area contributed by atoms with Gasteiger partial charge in [-0.15, -0.1) is 0 Å². The van der Waals surface area contributed by atoms with Crippen LogP contribution in [0.25, 0.3) is 43.1 Å². The first kappa shape index (κ1) is 63.5. The summed E-state index contributed by atoms with van der Waals surface area (Å²) in [5.41, 5.74) is -0.665. The summed E-state index contributed by atoms with van der Waals surface area (Å²) >= 11 is 0. The van der Waals surface area contributed by atoms with E-state index in [1.54, 1.807) is 128 Å². The van der Waals surface area contributed by atoms with Gasteiger partial charge in [-0.1, -0.05) is 92.9 Å². The van der Waals surface area contributed by atoms with Gasteiger partial charge in [0.1, 0.15) is 58.1 Å². The van der Waals surface area contributed by atoms with Gasteiger partial charge in [0.15, 0.2) is 0 Å². The van der Waals surface area contributed by atoms with E-state index in [9.17, 15) is 32.3 Å². The topological polar surface area (TPSA) is 217 Å². The molecule has 0 spiro atoms. The molecule has 93 heavy (non-hydrogen) atoms. The van der Waals surface area contributed by atoms with Crippen molar-refractivity contribution in [1.82, 2.24) is 9.80 Å². The van der Waals surface area contributed by atoms with E-state index < -0.39 is 89.9 Å². The van der Waals surface area contributed by atoms with Crippen LogP contribution in [0.2, 0.25) is 0 Å². The number of hydrogen-bond acceptors (Lipinski definition) is 16. The molecule has 9 aromatic carbocycles. The maximum absolute atomic E-state index is 15.7. The molecular formula is C72H59F3N2O16. The zero-order valence-corrected chi connectivity index (χ0v) is 50.6. The molecule has 2 heterocycles. The first-order valence-electron chi connectivity index (χ1n) is 29.8. The van der Waals surface area contributed by atoms with E-state index in [1.807, 2.05) is 0 Å². The van der Waals surface area contributed by atoms with Crippen molar-refractivity contribution >= 4 is 90.6 Å². The Morgan fingerprint density at radius 3 is 0.946 bits per heavy atom. The van der Waals surface area contributed by atoms with Crippen molar-refractivity contribution in [2.24, 2.45) is 0 Å². The molecule has 4 amide bonds. The van der Waals surface area contributed by atoms with E-state index in [2.05, 4.69) is 13.2 Å². The maximum atomic E-state index is 15.7. The van der Waals surface area contributed by atoms with Crippen molar-refractivity contribution in [3.63, 3.8) is 0 Å². The van der Waals surface area contributed by atoms with E-state index in [4.69, 9.17) is 37.9 Å². The van der Waals surface area contributed by atoms with E-state index in [1.165, 1.54) is 38.1 Å². The van der Waals surface area contributed by atoms with Gasteiger partial charge in [-0.3, -0.25) is 29.0 Å². The molecule has 0 N–H and O–H groups in total. The van der Waals surface area contributed by atoms with Crippen molar-refractivity contribution in [1.29, 1.82) is 0 Å². The summed E-state index contributed by atoms with van der Waals surface area (Å²) in [5.74, 6) is -7.81. The molecule has 2 unspecified atom stereocenters. The molecule has 2 aliphatic heterocycles. The summed E-state index contributed by atoms with van der Waals surface area (Å²) in [4.78, 5) is 116. The summed E-state index contributed by atoms with van der Waals surface area (Å²) in [6.45, 7) is 10.9. The molecule has 0 bridgehead atoms. The van der Waals surface area contributed by atoms with E-state index in [-0.39, 0.29) is 162 Å². The van der Waals surface area contributed by atoms with Crippen LogP contribution in [-0.4, -0.2) is 102 Å². The first-order chi connectivity index (χ1) is 44.7. The maximum Gasteiger partial charge on any atom is 0.391 e. The number of benzene rings is 9. The lowest BCUT2D eigenvalue weighted by Gasteiger charge is -2.35. The SMILES string of the molecule is C=C(C)C(=O)OCCCCOC(=O)C(CC)N1C(=O)c2cc(Oc3ccccc3)c3c4c(Oc5ccccc5)cc5c6c(cc(Oc7ccccc7)c(c7c(Oc8ccccc8)cc(c2c37)C1=O)c64)C(=O)N(C(CC(F)(F)F)C(=O)OCCCCOC(=O)C(=C)C)C5=O. The standard InChI is InChI=1S/C72H59F3N2O16/c1-6-50(70(84)88-33-21-19-31-86-68(82)40(2)3)76-64(78)46-35-52(90-42-23-11-7-12-24-42)58-60-54(92-44-27-15-9-16-28-44)37-48-57-49(67(81)77(66(48)80)51(39-72(73,74)75)71(85)89-34-22-20-32-87-69(83)41(4)5)38-55(93-45-29-17-10-18-30-45)61(63(57)60)59-53(91-43-25-13-8-14-26-43)36-47(65(76)79)56(46)62(58)59/h7-18,23-30,35-38,50-51H,2,4,6,19-22,31-34,39H2,1,3,5H3. The molecule has 21 heteroatoms. The average molecular weight is 1270 g/mol. The lowest BCUT2D eigenvalue weighted by molar-refractivity contribution is -0.167. The number of halogens is 3. The number of ether oxygens (including phenoxy) is 8. The van der Waals surface area contributed by atoms with Crippen molar-refractivity contribution in [2.75, 3.05) is 26.4 Å². The highest BCUT2D eigenvalue weighted by Crippen LogP contribution is 2.58. The van der Waals surface area contributed by atoms with Gasteiger partial charge in [-0.2, -0.15) is 13.2 Å². The second-order valence-corrected chi connectivity index (χ2v) is 22.2. The summed E-state index contributed by atoms with van der Waals surface area (Å²) < 4.78 is 93.7. The Bertz CT molecular complexity index is 4270. The van der Waals surface area contributed by atoms with Crippen LogP contribution in [0.4, 0.5) is 13.2 Å². The molecule has 0 aliphatic carbocycles. The molecule has 9 aromatic rings. The molecule has 0 aromatic heterocycles. The van der Waals surface area contributed by atoms with Gasteiger partial charge in [0.25, 0.3) is 23.6 Å². The second kappa shape index (κ2) is 26.8. The molecule has 0 fully saturated rings. The number of imide groups is 2. The number of amides is 4. The fourth-order valence-corrected chi connectivity index (χ4v) is 11.4. The normalized spacial score (nSPS) is 13.5. The molecule has 0 radical (unpaired) electrons. The number of carbonyl (C=O) groups is 8. The number of esters is 4. The van der Waals surface area contributed by atoms with Crippen LogP contribution in [0.15, 0.2) is 170 Å². The quantitative estimate of drug-likeness (QED) is 0.00936. The molecule has 0 saturated carbocycles. The molecule has 2 atom stereocenters. The van der Waals surface area contributed by atoms with Gasteiger partial charge < -0.3 is 37.9 Å². The van der Waals surface area contributed by atoms with Crippen molar-refractivity contribution < 1.29 is 89.4 Å². The van der Waals surface area contributed by atoms with Gasteiger partial charge in [-0.25, -0.2) is 19.2 Å². The monoisotopic (exact) mass is 1260 g/mol. The summed E-state index contributed by atoms with van der Waals surface area (Å²) in [5, 5.41) is 0.498. The predicted molar refractivity (Wildman–Crippen MR) is 335 cm³/mol. The largest absolute Gasteiger partial charge is 0.464 e. The zero-order chi connectivity index (χ0) is 65.8. The minimum Gasteiger partial charge on any atom is -0.464 e. The Hall–Kier alpha value is -11.1. The van der Waals surface area contributed by atoms with Crippen LogP contribution in [0.5, 0.6) is 46.0 Å². The smallest absolute Gasteiger partial charge is 0.391 e. The summed E-state index contributed by atoms with van der Waals surface area (Å²) in [7, 11) is 0. The van der Waals surface area contributed by atoms with Crippen LogP contribution in [0.3, 0.4) is 0 Å². The molecule has 2 aliphatic rings. The van der Waals surface area contributed by atoms with Crippen molar-refractivity contribution in [2.45, 2.75) is 77.6 Å². The Labute approximate surface area is 529 Å². The number of rotatable bonds is 26. The highest BCUT2D eigenvalue weighted by molar-refractivity contribution is 6.45. The third-order valence-corrected chi connectivity index (χ3v) is 15.6. The second-order valence-electron chi connectivity index (χ2n) is 22.2. The number of hydrogen-bond donors (Lipinski definition) is 0. The first-order valence-corrected chi connectivity index (χ1v) is 29.8. The Morgan fingerprint density at radius 2 is 0.677 bits per heavy atom. The third kappa shape index (κ3) is 12.9. The van der Waals surface area contributed by atoms with Crippen LogP contribution in [0.1, 0.15) is 101 Å². The number of para-hydroxylation sites is 4. The average Bonchev–Trinajstić information content (AvgIpc) is 0.674. The highest BCUT2D eigenvalue weighted by Gasteiger charge is 2.49. The lowest BCUT2D eigenvalue weighted by atomic mass is 9.80. The summed E-state index contributed by atoms with van der Waals surface area (Å²) in [6, 6.07) is 34.6. The molecule has 0 saturated heterocycles. The van der Waals surface area contributed by atoms with Gasteiger partial charge in [0.05, 0.1) is 55.1 Å². The third-order valence-electron chi connectivity index (χ3n) is 15.6. The minimum absolute atomic E-state index is 0.0155. The van der Waals surface area contributed by atoms with Gasteiger partial charge in [-0.05, 0) is 119 Å². The van der Waals surface area contributed by atoms with Crippen LogP contribution < -0.4 is 18.9 Å². The van der Waals surface area contributed by atoms with E-state index in [0.29, 0.717) is 6.42 Å². The van der Waals surface area contributed by atoms with E-state index in [0.717, 1.165) is 4.90 Å². The molecule has 11 rings (SSSR count). The number of nitrogens with zero attached hydrogens (tertiary/aromatic N) is 2. The Kier molecular flexibility index (Phi) is 18.3. The number of fused-ring (bicyclic) bond motifs is 2. The lowest BCUT2D eigenvalue weighted by Crippen LogP contribution is -2.52. The number of carbonyl (C=O) groups excluding carboxylic acids is 8. The Balaban J connectivity index is 1.18. The minimum atomic E-state index is -5.16. The van der Waals surface area contributed by atoms with Crippen molar-refractivity contribution in [3.8, 4) is 46.0 Å². The van der Waals surface area contributed by atoms with Crippen LogP contribution in [0, 0.1) is 0 Å². The van der Waals surface area contributed by atoms with Crippen molar-refractivity contribution in [3.05, 3.63) is 192 Å². The molecule has 474 valence electrons. The van der Waals surface area contributed by atoms with Gasteiger partial charge >= 0.3 is 30.1 Å². The van der Waals surface area contributed by atoms with Crippen LogP contribution >= 0.6 is 0 Å². The highest BCUT2D eigenvalue weighted by atomic mass is 19.4. The predicted octanol–water partition coefficient (Wildman–Crippen LogP) is 15.1. The molecule has 18 nitrogen and oxygen atoms in total. The number of unbranched alkanes of at least 4 members (excludes halogenated alkanes) is 2. The number of alkyl halides is 3. The van der Waals surface area contributed by atoms with Gasteiger partial charge in [0.2, 0.25) is 0 Å². The van der Waals surface area contributed by atoms with Crippen LogP contribution in [-0.2, 0) is 38.1 Å². The summed E-state index contributed by atoms with van der Waals surface area (Å²) in [6.07, 6.45) is -6.54. The zero-order valence-electron chi connectivity index (χ0n) is 50.6.